The van der Waals surface area contributed by atoms with Crippen LogP contribution in [0.3, 0.4) is 0 Å². The van der Waals surface area contributed by atoms with Crippen molar-refractivity contribution >= 4 is 11.6 Å². The number of anilines is 1. The molecule has 0 fully saturated rings. The molecule has 1 amide bonds. The van der Waals surface area contributed by atoms with E-state index in [4.69, 9.17) is 0 Å². The highest BCUT2D eigenvalue weighted by atomic mass is 16.2. The molecule has 0 aliphatic rings. The van der Waals surface area contributed by atoms with Gasteiger partial charge in [-0.3, -0.25) is 9.89 Å². The Hall–Kier alpha value is -2.37. The van der Waals surface area contributed by atoms with Crippen molar-refractivity contribution in [3.8, 4) is 0 Å². The van der Waals surface area contributed by atoms with Gasteiger partial charge in [0.2, 0.25) is 0 Å². The lowest BCUT2D eigenvalue weighted by Crippen LogP contribution is -2.26. The zero-order valence-electron chi connectivity index (χ0n) is 10.3. The number of aromatic amines is 1. The normalized spacial score (nSPS) is 10.1. The average molecular weight is 245 g/mol. The third kappa shape index (κ3) is 2.65. The Bertz CT molecular complexity index is 506. The third-order valence-electron chi connectivity index (χ3n) is 2.59. The van der Waals surface area contributed by atoms with Gasteiger partial charge in [-0.2, -0.15) is 5.10 Å². The van der Waals surface area contributed by atoms with Crippen LogP contribution in [0, 0.1) is 0 Å². The Morgan fingerprint density at radius 1 is 1.44 bits per heavy atom. The number of hydrogen-bond donors (Lipinski definition) is 2. The molecule has 2 N–H and O–H groups in total. The summed E-state index contributed by atoms with van der Waals surface area (Å²) in [6.07, 6.45) is 5.10. The van der Waals surface area contributed by atoms with E-state index < -0.39 is 0 Å². The van der Waals surface area contributed by atoms with Gasteiger partial charge in [-0.1, -0.05) is 0 Å². The number of nitrogens with zero attached hydrogens (tertiary/aromatic N) is 3. The van der Waals surface area contributed by atoms with Crippen LogP contribution in [-0.4, -0.2) is 40.1 Å². The predicted octanol–water partition coefficient (Wildman–Crippen LogP) is 1.12. The number of pyridine rings is 1. The van der Waals surface area contributed by atoms with E-state index in [0.717, 1.165) is 11.3 Å². The molecule has 0 saturated heterocycles. The van der Waals surface area contributed by atoms with Crippen LogP contribution in [0.4, 0.5) is 5.69 Å². The van der Waals surface area contributed by atoms with E-state index in [1.54, 1.807) is 36.6 Å². The van der Waals surface area contributed by atoms with E-state index in [0.29, 0.717) is 12.2 Å². The fourth-order valence-electron chi connectivity index (χ4n) is 1.57. The highest BCUT2D eigenvalue weighted by Gasteiger charge is 2.13. The molecule has 6 heteroatoms. The first-order chi connectivity index (χ1) is 8.70. The van der Waals surface area contributed by atoms with E-state index >= 15 is 0 Å². The zero-order chi connectivity index (χ0) is 13.0. The first-order valence-electron chi connectivity index (χ1n) is 5.57. The van der Waals surface area contributed by atoms with Gasteiger partial charge in [0.15, 0.2) is 0 Å². The number of aromatic nitrogens is 3. The summed E-state index contributed by atoms with van der Waals surface area (Å²) in [6, 6.07) is 3.53. The molecule has 0 unspecified atom stereocenters. The van der Waals surface area contributed by atoms with Gasteiger partial charge in [-0.15, -0.1) is 0 Å². The molecule has 0 bridgehead atoms. The second kappa shape index (κ2) is 5.31. The topological polar surface area (TPSA) is 73.9 Å². The van der Waals surface area contributed by atoms with Crippen LogP contribution in [0.5, 0.6) is 0 Å². The Morgan fingerprint density at radius 2 is 2.28 bits per heavy atom. The number of hydrogen-bond acceptors (Lipinski definition) is 4. The maximum atomic E-state index is 12.1. The Kier molecular flexibility index (Phi) is 3.57. The van der Waals surface area contributed by atoms with Crippen molar-refractivity contribution in [3.05, 3.63) is 42.0 Å². The van der Waals surface area contributed by atoms with E-state index in [-0.39, 0.29) is 5.91 Å². The van der Waals surface area contributed by atoms with E-state index in [2.05, 4.69) is 20.5 Å². The summed E-state index contributed by atoms with van der Waals surface area (Å²) in [5.74, 6) is -0.112. The second-order valence-electron chi connectivity index (χ2n) is 3.95. The molecule has 0 atom stereocenters. The minimum Gasteiger partial charge on any atom is -0.387 e. The smallest absolute Gasteiger partial charge is 0.272 e. The molecule has 0 radical (unpaired) electrons. The molecule has 94 valence electrons. The molecule has 0 aliphatic carbocycles. The Balaban J connectivity index is 2.05. The molecule has 0 aliphatic heterocycles. The van der Waals surface area contributed by atoms with Crippen molar-refractivity contribution in [1.82, 2.24) is 20.1 Å². The minimum atomic E-state index is -0.112. The average Bonchev–Trinajstić information content (AvgIpc) is 2.91. The van der Waals surface area contributed by atoms with Gasteiger partial charge in [-0.25, -0.2) is 4.98 Å². The number of carbonyl (C=O) groups is 1. The van der Waals surface area contributed by atoms with Crippen LogP contribution in [-0.2, 0) is 6.54 Å². The van der Waals surface area contributed by atoms with Gasteiger partial charge >= 0.3 is 0 Å². The third-order valence-corrected chi connectivity index (χ3v) is 2.59. The van der Waals surface area contributed by atoms with Crippen molar-refractivity contribution in [1.29, 1.82) is 0 Å². The molecular formula is C12H15N5O. The van der Waals surface area contributed by atoms with Gasteiger partial charge in [0, 0.05) is 32.4 Å². The molecular weight excluding hydrogens is 230 g/mol. The van der Waals surface area contributed by atoms with Crippen LogP contribution >= 0.6 is 0 Å². The summed E-state index contributed by atoms with van der Waals surface area (Å²) >= 11 is 0. The molecule has 18 heavy (non-hydrogen) atoms. The number of rotatable bonds is 4. The van der Waals surface area contributed by atoms with Crippen molar-refractivity contribution in [2.75, 3.05) is 19.4 Å². The van der Waals surface area contributed by atoms with Crippen molar-refractivity contribution < 1.29 is 4.79 Å². The number of carbonyl (C=O) groups excluding carboxylic acids is 1. The van der Waals surface area contributed by atoms with Gasteiger partial charge in [0.25, 0.3) is 5.91 Å². The standard InChI is InChI=1S/C12H15N5O/c1-13-10-3-4-11(14-7-10)12(18)17(2)8-9-5-15-16-6-9/h3-7,13H,8H2,1-2H3,(H,15,16). The van der Waals surface area contributed by atoms with Crippen molar-refractivity contribution in [2.24, 2.45) is 0 Å². The van der Waals surface area contributed by atoms with Crippen LogP contribution in [0.1, 0.15) is 16.1 Å². The fraction of sp³-hybridized carbons (Fsp3) is 0.250. The van der Waals surface area contributed by atoms with E-state index in [1.165, 1.54) is 0 Å². The molecule has 2 rings (SSSR count). The molecule has 2 heterocycles. The highest BCUT2D eigenvalue weighted by Crippen LogP contribution is 2.08. The summed E-state index contributed by atoms with van der Waals surface area (Å²) in [5.41, 5.74) is 2.27. The lowest BCUT2D eigenvalue weighted by Gasteiger charge is -2.15. The van der Waals surface area contributed by atoms with Gasteiger partial charge in [-0.05, 0) is 12.1 Å². The lowest BCUT2D eigenvalue weighted by atomic mass is 10.2. The number of amides is 1. The van der Waals surface area contributed by atoms with Crippen LogP contribution in [0.15, 0.2) is 30.7 Å². The molecule has 0 aromatic carbocycles. The minimum absolute atomic E-state index is 0.112. The van der Waals surface area contributed by atoms with Crippen LogP contribution in [0.25, 0.3) is 0 Å². The van der Waals surface area contributed by atoms with Gasteiger partial charge in [0.05, 0.1) is 18.1 Å². The number of H-pyrrole nitrogens is 1. The zero-order valence-corrected chi connectivity index (χ0v) is 10.3. The highest BCUT2D eigenvalue weighted by molar-refractivity contribution is 5.92. The largest absolute Gasteiger partial charge is 0.387 e. The SMILES string of the molecule is CNc1ccc(C(=O)N(C)Cc2cn[nH]c2)nc1. The first-order valence-corrected chi connectivity index (χ1v) is 5.57. The molecule has 6 nitrogen and oxygen atoms in total. The Morgan fingerprint density at radius 3 is 2.83 bits per heavy atom. The quantitative estimate of drug-likeness (QED) is 0.846. The fourth-order valence-corrected chi connectivity index (χ4v) is 1.57. The summed E-state index contributed by atoms with van der Waals surface area (Å²) in [6.45, 7) is 0.505. The summed E-state index contributed by atoms with van der Waals surface area (Å²) in [7, 11) is 3.55. The van der Waals surface area contributed by atoms with Crippen LogP contribution < -0.4 is 5.32 Å². The summed E-state index contributed by atoms with van der Waals surface area (Å²) < 4.78 is 0. The van der Waals surface area contributed by atoms with E-state index in [1.807, 2.05) is 13.1 Å². The maximum absolute atomic E-state index is 12.1. The predicted molar refractivity (Wildman–Crippen MR) is 68.2 cm³/mol. The van der Waals surface area contributed by atoms with Crippen molar-refractivity contribution in [2.45, 2.75) is 6.54 Å². The monoisotopic (exact) mass is 245 g/mol. The van der Waals surface area contributed by atoms with Crippen molar-refractivity contribution in [3.63, 3.8) is 0 Å². The van der Waals surface area contributed by atoms with Gasteiger partial charge in [0.1, 0.15) is 5.69 Å². The Labute approximate surface area is 105 Å². The lowest BCUT2D eigenvalue weighted by molar-refractivity contribution is 0.0779. The van der Waals surface area contributed by atoms with Crippen LogP contribution in [0.2, 0.25) is 0 Å². The second-order valence-corrected chi connectivity index (χ2v) is 3.95. The summed E-state index contributed by atoms with van der Waals surface area (Å²) in [5, 5.41) is 9.52. The maximum Gasteiger partial charge on any atom is 0.272 e. The number of nitrogens with one attached hydrogen (secondary N) is 2. The summed E-state index contributed by atoms with van der Waals surface area (Å²) in [4.78, 5) is 17.8. The molecule has 2 aromatic rings. The molecule has 2 aromatic heterocycles. The first kappa shape index (κ1) is 12.1. The molecule has 0 spiro atoms. The molecule has 0 saturated carbocycles. The van der Waals surface area contributed by atoms with E-state index in [9.17, 15) is 4.79 Å². The van der Waals surface area contributed by atoms with Gasteiger partial charge < -0.3 is 10.2 Å².